The molecule has 0 saturated carbocycles. The van der Waals surface area contributed by atoms with Gasteiger partial charge >= 0.3 is 0 Å². The highest BCUT2D eigenvalue weighted by molar-refractivity contribution is 7.99. The second kappa shape index (κ2) is 6.90. The molecule has 1 rings (SSSR count). The van der Waals surface area contributed by atoms with Crippen LogP contribution in [0.5, 0.6) is 0 Å². The number of hydrogen-bond acceptors (Lipinski definition) is 3. The fourth-order valence-corrected chi connectivity index (χ4v) is 3.49. The average molecular weight is 254 g/mol. The van der Waals surface area contributed by atoms with Gasteiger partial charge in [0.05, 0.1) is 6.07 Å². The molecule has 0 bridgehead atoms. The molecule has 4 heteroatoms. The molecule has 0 aromatic carbocycles. The van der Waals surface area contributed by atoms with Gasteiger partial charge in [0.25, 0.3) is 0 Å². The maximum Gasteiger partial charge on any atom is 0.240 e. The number of carbonyl (C=O) groups excluding carboxylic acids is 1. The largest absolute Gasteiger partial charge is 0.351 e. The van der Waals surface area contributed by atoms with E-state index in [1.165, 1.54) is 0 Å². The highest BCUT2D eigenvalue weighted by atomic mass is 32.2. The minimum absolute atomic E-state index is 0.0452. The smallest absolute Gasteiger partial charge is 0.240 e. The molecule has 0 spiro atoms. The van der Waals surface area contributed by atoms with Gasteiger partial charge < -0.3 is 5.32 Å². The Hall–Kier alpha value is -0.690. The molecule has 17 heavy (non-hydrogen) atoms. The molecule has 0 aromatic rings. The Morgan fingerprint density at radius 3 is 2.53 bits per heavy atom. The third-order valence-corrected chi connectivity index (χ3v) is 4.43. The SMILES string of the molecule is CCCC(C#N)(CCC)C(=O)NC1CCSC1. The van der Waals surface area contributed by atoms with Crippen LogP contribution >= 0.6 is 11.8 Å². The summed E-state index contributed by atoms with van der Waals surface area (Å²) in [7, 11) is 0. The molecule has 1 atom stereocenters. The highest BCUT2D eigenvalue weighted by Gasteiger charge is 2.38. The van der Waals surface area contributed by atoms with Gasteiger partial charge in [-0.1, -0.05) is 26.7 Å². The second-order valence-corrected chi connectivity index (χ2v) is 5.88. The summed E-state index contributed by atoms with van der Waals surface area (Å²) in [5.41, 5.74) is -0.795. The average Bonchev–Trinajstić information content (AvgIpc) is 2.81. The molecule has 0 aliphatic carbocycles. The molecule has 1 heterocycles. The molecule has 1 unspecified atom stereocenters. The molecule has 1 saturated heterocycles. The Morgan fingerprint density at radius 2 is 2.12 bits per heavy atom. The molecule has 1 aliphatic heterocycles. The van der Waals surface area contributed by atoms with Crippen molar-refractivity contribution in [2.45, 2.75) is 52.0 Å². The van der Waals surface area contributed by atoms with Crippen molar-refractivity contribution in [3.63, 3.8) is 0 Å². The number of nitrogens with zero attached hydrogens (tertiary/aromatic N) is 1. The zero-order valence-electron chi connectivity index (χ0n) is 10.8. The van der Waals surface area contributed by atoms with Gasteiger partial charge in [-0.25, -0.2) is 0 Å². The van der Waals surface area contributed by atoms with Crippen LogP contribution in [0.1, 0.15) is 46.0 Å². The van der Waals surface area contributed by atoms with Crippen LogP contribution in [0, 0.1) is 16.7 Å². The molecule has 1 aliphatic rings. The lowest BCUT2D eigenvalue weighted by Gasteiger charge is -2.26. The summed E-state index contributed by atoms with van der Waals surface area (Å²) in [6, 6.07) is 2.54. The zero-order chi connectivity index (χ0) is 12.7. The molecule has 1 amide bonds. The lowest BCUT2D eigenvalue weighted by atomic mass is 9.79. The lowest BCUT2D eigenvalue weighted by Crippen LogP contribution is -2.45. The van der Waals surface area contributed by atoms with E-state index >= 15 is 0 Å². The maximum absolute atomic E-state index is 12.3. The van der Waals surface area contributed by atoms with E-state index in [0.717, 1.165) is 30.8 Å². The number of thioether (sulfide) groups is 1. The molecule has 0 radical (unpaired) electrons. The van der Waals surface area contributed by atoms with E-state index in [-0.39, 0.29) is 11.9 Å². The zero-order valence-corrected chi connectivity index (χ0v) is 11.6. The minimum Gasteiger partial charge on any atom is -0.351 e. The van der Waals surface area contributed by atoms with Gasteiger partial charge in [0, 0.05) is 11.8 Å². The van der Waals surface area contributed by atoms with Crippen molar-refractivity contribution in [2.75, 3.05) is 11.5 Å². The Bertz CT molecular complexity index is 286. The van der Waals surface area contributed by atoms with Crippen LogP contribution in [0.15, 0.2) is 0 Å². The molecule has 1 N–H and O–H groups in total. The van der Waals surface area contributed by atoms with Crippen LogP contribution < -0.4 is 5.32 Å². The standard InChI is InChI=1S/C13H22N2OS/c1-3-6-13(10-14,7-4-2)12(16)15-11-5-8-17-9-11/h11H,3-9H2,1-2H3,(H,15,16). The maximum atomic E-state index is 12.3. The number of hydrogen-bond donors (Lipinski definition) is 1. The van der Waals surface area contributed by atoms with Gasteiger partial charge in [0.15, 0.2) is 0 Å². The molecule has 96 valence electrons. The number of nitrogens with one attached hydrogen (secondary N) is 1. The molecular weight excluding hydrogens is 232 g/mol. The predicted octanol–water partition coefficient (Wildman–Crippen LogP) is 2.72. The van der Waals surface area contributed by atoms with Crippen LogP contribution in [0.25, 0.3) is 0 Å². The Labute approximate surface area is 108 Å². The quantitative estimate of drug-likeness (QED) is 0.793. The Kier molecular flexibility index (Phi) is 5.84. The van der Waals surface area contributed by atoms with Crippen molar-refractivity contribution >= 4 is 17.7 Å². The van der Waals surface area contributed by atoms with Crippen molar-refractivity contribution in [1.82, 2.24) is 5.32 Å². The molecule has 0 aromatic heterocycles. The summed E-state index contributed by atoms with van der Waals surface area (Å²) in [4.78, 5) is 12.3. The first-order valence-corrected chi connectivity index (χ1v) is 7.64. The third-order valence-electron chi connectivity index (χ3n) is 3.27. The lowest BCUT2D eigenvalue weighted by molar-refractivity contribution is -0.129. The van der Waals surface area contributed by atoms with Crippen molar-refractivity contribution in [3.05, 3.63) is 0 Å². The summed E-state index contributed by atoms with van der Waals surface area (Å²) in [5.74, 6) is 2.06. The van der Waals surface area contributed by atoms with E-state index < -0.39 is 5.41 Å². The third kappa shape index (κ3) is 3.64. The van der Waals surface area contributed by atoms with Crippen LogP contribution in [0.4, 0.5) is 0 Å². The van der Waals surface area contributed by atoms with Gasteiger partial charge in [-0.05, 0) is 25.0 Å². The van der Waals surface area contributed by atoms with Gasteiger partial charge in [0.2, 0.25) is 5.91 Å². The predicted molar refractivity (Wildman–Crippen MR) is 71.7 cm³/mol. The van der Waals surface area contributed by atoms with Crippen LogP contribution in [0.2, 0.25) is 0 Å². The van der Waals surface area contributed by atoms with E-state index in [9.17, 15) is 10.1 Å². The topological polar surface area (TPSA) is 52.9 Å². The fraction of sp³-hybridized carbons (Fsp3) is 0.846. The number of carbonyl (C=O) groups is 1. The van der Waals surface area contributed by atoms with Crippen LogP contribution in [-0.2, 0) is 4.79 Å². The Balaban J connectivity index is 2.67. The summed E-state index contributed by atoms with van der Waals surface area (Å²) < 4.78 is 0. The number of rotatable bonds is 6. The van der Waals surface area contributed by atoms with Crippen molar-refractivity contribution in [1.29, 1.82) is 5.26 Å². The second-order valence-electron chi connectivity index (χ2n) is 4.73. The van der Waals surface area contributed by atoms with E-state index in [2.05, 4.69) is 11.4 Å². The normalized spacial score (nSPS) is 19.9. The van der Waals surface area contributed by atoms with Gasteiger partial charge in [-0.3, -0.25) is 4.79 Å². The molecular formula is C13H22N2OS. The summed E-state index contributed by atoms with van der Waals surface area (Å²) >= 11 is 1.87. The Morgan fingerprint density at radius 1 is 1.47 bits per heavy atom. The first-order chi connectivity index (χ1) is 8.18. The van der Waals surface area contributed by atoms with E-state index in [4.69, 9.17) is 0 Å². The fourth-order valence-electron chi connectivity index (χ4n) is 2.34. The minimum atomic E-state index is -0.795. The van der Waals surface area contributed by atoms with Gasteiger partial charge in [0.1, 0.15) is 5.41 Å². The summed E-state index contributed by atoms with van der Waals surface area (Å²) in [6.45, 7) is 4.06. The first-order valence-electron chi connectivity index (χ1n) is 6.48. The monoisotopic (exact) mass is 254 g/mol. The van der Waals surface area contributed by atoms with Crippen LogP contribution in [0.3, 0.4) is 0 Å². The summed E-state index contributed by atoms with van der Waals surface area (Å²) in [6.07, 6.45) is 4.13. The van der Waals surface area contributed by atoms with Crippen LogP contribution in [-0.4, -0.2) is 23.5 Å². The van der Waals surface area contributed by atoms with Crippen molar-refractivity contribution in [3.8, 4) is 6.07 Å². The van der Waals surface area contributed by atoms with E-state index in [1.807, 2.05) is 25.6 Å². The van der Waals surface area contributed by atoms with Crippen molar-refractivity contribution < 1.29 is 4.79 Å². The first kappa shape index (κ1) is 14.4. The summed E-state index contributed by atoms with van der Waals surface area (Å²) in [5, 5.41) is 12.4. The van der Waals surface area contributed by atoms with Gasteiger partial charge in [-0.15, -0.1) is 0 Å². The highest BCUT2D eigenvalue weighted by Crippen LogP contribution is 2.30. The number of nitriles is 1. The molecule has 1 fully saturated rings. The molecule has 3 nitrogen and oxygen atoms in total. The van der Waals surface area contributed by atoms with E-state index in [0.29, 0.717) is 12.8 Å². The van der Waals surface area contributed by atoms with Crippen molar-refractivity contribution in [2.24, 2.45) is 5.41 Å². The van der Waals surface area contributed by atoms with Gasteiger partial charge in [-0.2, -0.15) is 17.0 Å². The van der Waals surface area contributed by atoms with E-state index in [1.54, 1.807) is 0 Å². The number of amides is 1.